The van der Waals surface area contributed by atoms with Gasteiger partial charge in [0.2, 0.25) is 0 Å². The van der Waals surface area contributed by atoms with Crippen molar-refractivity contribution in [3.63, 3.8) is 0 Å². The van der Waals surface area contributed by atoms with Crippen molar-refractivity contribution >= 4 is 6.09 Å². The molecule has 0 saturated carbocycles. The smallest absolute Gasteiger partial charge is 0.410 e. The van der Waals surface area contributed by atoms with Crippen LogP contribution >= 0.6 is 0 Å². The number of amides is 1. The summed E-state index contributed by atoms with van der Waals surface area (Å²) in [5, 5.41) is 7.58. The van der Waals surface area contributed by atoms with E-state index >= 15 is 0 Å². The normalized spacial score (nSPS) is 19.0. The molecule has 1 fully saturated rings. The summed E-state index contributed by atoms with van der Waals surface area (Å²) >= 11 is 0. The summed E-state index contributed by atoms with van der Waals surface area (Å²) in [4.78, 5) is 13.8. The zero-order chi connectivity index (χ0) is 15.5. The molecule has 0 radical (unpaired) electrons. The first-order chi connectivity index (χ1) is 9.85. The van der Waals surface area contributed by atoms with E-state index in [-0.39, 0.29) is 6.09 Å². The maximum absolute atomic E-state index is 12.0. The van der Waals surface area contributed by atoms with Gasteiger partial charge in [-0.3, -0.25) is 4.68 Å². The van der Waals surface area contributed by atoms with E-state index in [0.29, 0.717) is 5.92 Å². The minimum atomic E-state index is -0.424. The number of carbonyl (C=O) groups excluding carboxylic acids is 1. The van der Waals surface area contributed by atoms with Gasteiger partial charge in [0.1, 0.15) is 5.60 Å². The van der Waals surface area contributed by atoms with Gasteiger partial charge in [-0.1, -0.05) is 0 Å². The van der Waals surface area contributed by atoms with Crippen molar-refractivity contribution in [2.45, 2.75) is 39.3 Å². The van der Waals surface area contributed by atoms with Crippen LogP contribution in [0.1, 0.15) is 32.9 Å². The van der Waals surface area contributed by atoms with E-state index in [1.807, 2.05) is 43.5 Å². The lowest BCUT2D eigenvalue weighted by atomic mass is 10.1. The molecule has 1 saturated heterocycles. The number of nitrogens with zero attached hydrogens (tertiary/aromatic N) is 3. The Morgan fingerprint density at radius 2 is 2.29 bits per heavy atom. The number of nitrogens with one attached hydrogen (secondary N) is 1. The summed E-state index contributed by atoms with van der Waals surface area (Å²) < 4.78 is 7.27. The van der Waals surface area contributed by atoms with Crippen molar-refractivity contribution in [3.05, 3.63) is 18.0 Å². The van der Waals surface area contributed by atoms with Crippen LogP contribution in [-0.2, 0) is 18.3 Å². The lowest BCUT2D eigenvalue weighted by Crippen LogP contribution is -2.36. The Bertz CT molecular complexity index is 478. The van der Waals surface area contributed by atoms with Crippen LogP contribution in [0.4, 0.5) is 4.79 Å². The molecule has 21 heavy (non-hydrogen) atoms. The molecule has 1 aromatic rings. The molecule has 1 amide bonds. The van der Waals surface area contributed by atoms with Gasteiger partial charge in [0.25, 0.3) is 0 Å². The van der Waals surface area contributed by atoms with Crippen molar-refractivity contribution in [1.82, 2.24) is 20.0 Å². The molecule has 0 unspecified atom stereocenters. The van der Waals surface area contributed by atoms with Gasteiger partial charge in [-0.05, 0) is 39.2 Å². The number of hydrogen-bond acceptors (Lipinski definition) is 4. The molecule has 1 aliphatic rings. The second kappa shape index (κ2) is 6.47. The summed E-state index contributed by atoms with van der Waals surface area (Å²) in [7, 11) is 1.94. The van der Waals surface area contributed by atoms with Crippen LogP contribution in [0.15, 0.2) is 12.3 Å². The second-order valence-electron chi connectivity index (χ2n) is 6.66. The van der Waals surface area contributed by atoms with E-state index in [2.05, 4.69) is 10.4 Å². The molecular weight excluding hydrogens is 268 g/mol. The Morgan fingerprint density at radius 3 is 2.90 bits per heavy atom. The van der Waals surface area contributed by atoms with Crippen LogP contribution in [0.25, 0.3) is 0 Å². The molecular formula is C15H26N4O2. The maximum atomic E-state index is 12.0. The van der Waals surface area contributed by atoms with Crippen LogP contribution in [0.2, 0.25) is 0 Å². The van der Waals surface area contributed by atoms with Crippen LogP contribution in [0.5, 0.6) is 0 Å². The lowest BCUT2D eigenvalue weighted by molar-refractivity contribution is 0.0288. The fourth-order valence-electron chi connectivity index (χ4n) is 2.47. The van der Waals surface area contributed by atoms with Crippen molar-refractivity contribution < 1.29 is 9.53 Å². The fraction of sp³-hybridized carbons (Fsp3) is 0.733. The molecule has 2 heterocycles. The molecule has 1 N–H and O–H groups in total. The third-order valence-electron chi connectivity index (χ3n) is 3.60. The highest BCUT2D eigenvalue weighted by Gasteiger charge is 2.29. The van der Waals surface area contributed by atoms with Crippen LogP contribution in [0.3, 0.4) is 0 Å². The standard InChI is InChI=1S/C15H26N4O2/c1-15(2,3)21-14(20)19-8-6-12(11-19)9-16-10-13-5-7-17-18(13)4/h5,7,12,16H,6,8-11H2,1-4H3/t12-/m1/s1. The SMILES string of the molecule is Cn1nccc1CNC[C@H]1CCN(C(=O)OC(C)(C)C)C1. The van der Waals surface area contributed by atoms with Crippen LogP contribution in [0, 0.1) is 5.92 Å². The Labute approximate surface area is 126 Å². The zero-order valence-corrected chi connectivity index (χ0v) is 13.4. The molecule has 2 rings (SSSR count). The first-order valence-corrected chi connectivity index (χ1v) is 7.50. The zero-order valence-electron chi connectivity index (χ0n) is 13.4. The predicted molar refractivity (Wildman–Crippen MR) is 80.8 cm³/mol. The number of ether oxygens (including phenoxy) is 1. The van der Waals surface area contributed by atoms with E-state index < -0.39 is 5.60 Å². The van der Waals surface area contributed by atoms with Gasteiger partial charge in [0.15, 0.2) is 0 Å². The van der Waals surface area contributed by atoms with Gasteiger partial charge >= 0.3 is 6.09 Å². The van der Waals surface area contributed by atoms with Crippen molar-refractivity contribution in [3.8, 4) is 0 Å². The third-order valence-corrected chi connectivity index (χ3v) is 3.60. The monoisotopic (exact) mass is 294 g/mol. The van der Waals surface area contributed by atoms with E-state index in [4.69, 9.17) is 4.74 Å². The van der Waals surface area contributed by atoms with E-state index in [1.54, 1.807) is 6.20 Å². The molecule has 0 bridgehead atoms. The average molecular weight is 294 g/mol. The molecule has 118 valence electrons. The fourth-order valence-corrected chi connectivity index (χ4v) is 2.47. The summed E-state index contributed by atoms with van der Waals surface area (Å²) in [6, 6.07) is 2.01. The van der Waals surface area contributed by atoms with E-state index in [0.717, 1.165) is 38.3 Å². The Morgan fingerprint density at radius 1 is 1.52 bits per heavy atom. The minimum absolute atomic E-state index is 0.198. The Hall–Kier alpha value is -1.56. The average Bonchev–Trinajstić information content (AvgIpc) is 2.97. The summed E-state index contributed by atoms with van der Waals surface area (Å²) in [5.74, 6) is 0.491. The van der Waals surface area contributed by atoms with Gasteiger partial charge < -0.3 is 15.0 Å². The molecule has 6 nitrogen and oxygen atoms in total. The number of rotatable bonds is 4. The summed E-state index contributed by atoms with van der Waals surface area (Å²) in [5.41, 5.74) is 0.740. The molecule has 0 aromatic carbocycles. The van der Waals surface area contributed by atoms with Gasteiger partial charge in [-0.15, -0.1) is 0 Å². The number of hydrogen-bond donors (Lipinski definition) is 1. The van der Waals surface area contributed by atoms with E-state index in [9.17, 15) is 4.79 Å². The lowest BCUT2D eigenvalue weighted by Gasteiger charge is -2.24. The molecule has 0 aliphatic carbocycles. The summed E-state index contributed by atoms with van der Waals surface area (Å²) in [6.07, 6.45) is 2.63. The first-order valence-electron chi connectivity index (χ1n) is 7.50. The Kier molecular flexibility index (Phi) is 4.88. The maximum Gasteiger partial charge on any atom is 0.410 e. The van der Waals surface area contributed by atoms with Crippen LogP contribution < -0.4 is 5.32 Å². The minimum Gasteiger partial charge on any atom is -0.444 e. The number of carbonyl (C=O) groups is 1. The van der Waals surface area contributed by atoms with Gasteiger partial charge in [0.05, 0.1) is 5.69 Å². The molecule has 1 aromatic heterocycles. The van der Waals surface area contributed by atoms with Gasteiger partial charge in [-0.2, -0.15) is 5.10 Å². The van der Waals surface area contributed by atoms with Crippen molar-refractivity contribution in [1.29, 1.82) is 0 Å². The van der Waals surface area contributed by atoms with Crippen molar-refractivity contribution in [2.24, 2.45) is 13.0 Å². The largest absolute Gasteiger partial charge is 0.444 e. The molecule has 6 heteroatoms. The second-order valence-corrected chi connectivity index (χ2v) is 6.66. The van der Waals surface area contributed by atoms with Crippen molar-refractivity contribution in [2.75, 3.05) is 19.6 Å². The Balaban J connectivity index is 1.70. The van der Waals surface area contributed by atoms with Crippen LogP contribution in [-0.4, -0.2) is 46.0 Å². The molecule has 1 aliphatic heterocycles. The van der Waals surface area contributed by atoms with E-state index in [1.165, 1.54) is 0 Å². The topological polar surface area (TPSA) is 59.4 Å². The molecule has 1 atom stereocenters. The third kappa shape index (κ3) is 4.74. The highest BCUT2D eigenvalue weighted by molar-refractivity contribution is 5.68. The van der Waals surface area contributed by atoms with Gasteiger partial charge in [-0.25, -0.2) is 4.79 Å². The quantitative estimate of drug-likeness (QED) is 0.919. The summed E-state index contributed by atoms with van der Waals surface area (Å²) in [6.45, 7) is 8.96. The predicted octanol–water partition coefficient (Wildman–Crippen LogP) is 1.77. The molecule has 0 spiro atoms. The highest BCUT2D eigenvalue weighted by Crippen LogP contribution is 2.19. The highest BCUT2D eigenvalue weighted by atomic mass is 16.6. The number of likely N-dealkylation sites (tertiary alicyclic amines) is 1. The van der Waals surface area contributed by atoms with Gasteiger partial charge in [0, 0.05) is 39.4 Å². The number of aryl methyl sites for hydroxylation is 1. The first kappa shape index (κ1) is 15.8. The number of aromatic nitrogens is 2.